The Bertz CT molecular complexity index is 738. The lowest BCUT2D eigenvalue weighted by molar-refractivity contribution is -0.385. The summed E-state index contributed by atoms with van der Waals surface area (Å²) in [4.78, 5) is 25.1. The van der Waals surface area contributed by atoms with Crippen molar-refractivity contribution in [2.24, 2.45) is 0 Å². The van der Waals surface area contributed by atoms with E-state index < -0.39 is 10.9 Å². The maximum absolute atomic E-state index is 11.0. The molecule has 0 spiro atoms. The number of benzene rings is 1. The number of nitro benzene ring substituents is 1. The Morgan fingerprint density at radius 2 is 2.19 bits per heavy atom. The molecule has 0 aliphatic heterocycles. The van der Waals surface area contributed by atoms with Crippen LogP contribution in [0.15, 0.2) is 34.9 Å². The highest BCUT2D eigenvalue weighted by Crippen LogP contribution is 2.37. The first-order valence-electron chi connectivity index (χ1n) is 5.39. The molecule has 0 unspecified atom stereocenters. The molecule has 2 aromatic rings. The van der Waals surface area contributed by atoms with E-state index in [1.165, 1.54) is 12.1 Å². The highest BCUT2D eigenvalue weighted by atomic mass is 79.9. The van der Waals surface area contributed by atoms with Crippen molar-refractivity contribution in [3.8, 4) is 11.6 Å². The Morgan fingerprint density at radius 3 is 2.81 bits per heavy atom. The normalized spacial score (nSPS) is 10.2. The Hall–Kier alpha value is -2.19. The number of hydrogen-bond donors (Lipinski definition) is 1. The van der Waals surface area contributed by atoms with Gasteiger partial charge in [0.25, 0.3) is 0 Å². The molecule has 1 N–H and O–H groups in total. The van der Waals surface area contributed by atoms with Crippen LogP contribution in [0.2, 0.25) is 5.02 Å². The number of aromatic nitrogens is 1. The van der Waals surface area contributed by atoms with E-state index in [0.29, 0.717) is 4.47 Å². The van der Waals surface area contributed by atoms with Crippen molar-refractivity contribution in [1.29, 1.82) is 0 Å². The van der Waals surface area contributed by atoms with Crippen molar-refractivity contribution < 1.29 is 19.6 Å². The van der Waals surface area contributed by atoms with Crippen LogP contribution in [-0.4, -0.2) is 21.0 Å². The summed E-state index contributed by atoms with van der Waals surface area (Å²) in [6.45, 7) is 0. The lowest BCUT2D eigenvalue weighted by Crippen LogP contribution is -2.00. The minimum atomic E-state index is -1.26. The number of carbonyl (C=O) groups is 1. The van der Waals surface area contributed by atoms with E-state index in [1.54, 1.807) is 6.07 Å². The number of pyridine rings is 1. The predicted molar refractivity (Wildman–Crippen MR) is 77.1 cm³/mol. The average Bonchev–Trinajstić information content (AvgIpc) is 2.42. The molecular weight excluding hydrogens is 367 g/mol. The van der Waals surface area contributed by atoms with E-state index in [2.05, 4.69) is 20.9 Å². The van der Waals surface area contributed by atoms with Crippen LogP contribution in [0.5, 0.6) is 11.6 Å². The van der Waals surface area contributed by atoms with Crippen LogP contribution < -0.4 is 4.74 Å². The molecular formula is C12H6BrClN2O5. The van der Waals surface area contributed by atoms with Gasteiger partial charge in [-0.2, -0.15) is 0 Å². The molecule has 1 aromatic carbocycles. The van der Waals surface area contributed by atoms with Gasteiger partial charge in [0.1, 0.15) is 0 Å². The third kappa shape index (κ3) is 3.29. The van der Waals surface area contributed by atoms with Gasteiger partial charge >= 0.3 is 11.7 Å². The van der Waals surface area contributed by atoms with Crippen LogP contribution in [-0.2, 0) is 0 Å². The Labute approximate surface area is 131 Å². The standard InChI is InChI=1S/C12H6BrClN2O5/c13-7-2-1-3-9(16(19)20)11(7)21-10-4-6(12(17)18)8(14)5-15-10/h1-5H,(H,17,18). The maximum Gasteiger partial charge on any atom is 0.337 e. The molecule has 0 aliphatic rings. The monoisotopic (exact) mass is 372 g/mol. The van der Waals surface area contributed by atoms with Crippen LogP contribution in [0.4, 0.5) is 5.69 Å². The smallest absolute Gasteiger partial charge is 0.337 e. The molecule has 0 saturated heterocycles. The van der Waals surface area contributed by atoms with Crippen LogP contribution in [0.3, 0.4) is 0 Å². The molecule has 7 nitrogen and oxygen atoms in total. The number of aromatic carboxylic acids is 1. The molecule has 0 radical (unpaired) electrons. The number of rotatable bonds is 4. The summed E-state index contributed by atoms with van der Waals surface area (Å²) in [5, 5.41) is 19.9. The van der Waals surface area contributed by atoms with Crippen molar-refractivity contribution in [1.82, 2.24) is 4.98 Å². The number of halogens is 2. The van der Waals surface area contributed by atoms with E-state index >= 15 is 0 Å². The van der Waals surface area contributed by atoms with Gasteiger partial charge in [-0.25, -0.2) is 9.78 Å². The average molecular weight is 374 g/mol. The predicted octanol–water partition coefficient (Wildman–Crippen LogP) is 3.90. The largest absolute Gasteiger partial charge is 0.478 e. The minimum absolute atomic E-state index is 0.0588. The summed E-state index contributed by atoms with van der Waals surface area (Å²) < 4.78 is 5.66. The Morgan fingerprint density at radius 1 is 1.48 bits per heavy atom. The zero-order valence-corrected chi connectivity index (χ0v) is 12.5. The molecule has 0 fully saturated rings. The molecule has 0 aliphatic carbocycles. The first kappa shape index (κ1) is 15.2. The number of ether oxygens (including phenoxy) is 1. The van der Waals surface area contributed by atoms with Gasteiger partial charge in [-0.1, -0.05) is 17.7 Å². The molecule has 0 atom stereocenters. The first-order chi connectivity index (χ1) is 9.90. The van der Waals surface area contributed by atoms with E-state index in [9.17, 15) is 14.9 Å². The molecule has 2 rings (SSSR count). The number of carboxylic acid groups (broad SMARTS) is 1. The van der Waals surface area contributed by atoms with Crippen molar-refractivity contribution in [3.63, 3.8) is 0 Å². The molecule has 108 valence electrons. The summed E-state index contributed by atoms with van der Waals surface area (Å²) in [5.74, 6) is -1.45. The maximum atomic E-state index is 11.0. The van der Waals surface area contributed by atoms with Crippen LogP contribution in [0, 0.1) is 10.1 Å². The number of nitro groups is 1. The number of para-hydroxylation sites is 1. The fourth-order valence-electron chi connectivity index (χ4n) is 1.49. The Balaban J connectivity index is 2.46. The Kier molecular flexibility index (Phi) is 4.39. The molecule has 0 bridgehead atoms. The summed E-state index contributed by atoms with van der Waals surface area (Å²) in [6, 6.07) is 5.38. The second-order valence-corrected chi connectivity index (χ2v) is 5.02. The second-order valence-electron chi connectivity index (χ2n) is 3.75. The minimum Gasteiger partial charge on any atom is -0.478 e. The molecule has 1 heterocycles. The topological polar surface area (TPSA) is 103 Å². The SMILES string of the molecule is O=C(O)c1cc(Oc2c(Br)cccc2[N+](=O)[O-])ncc1Cl. The third-order valence-corrected chi connectivity index (χ3v) is 3.34. The van der Waals surface area contributed by atoms with Crippen molar-refractivity contribution in [3.05, 3.63) is 55.6 Å². The summed E-state index contributed by atoms with van der Waals surface area (Å²) in [5.41, 5.74) is -0.491. The van der Waals surface area contributed by atoms with Crippen LogP contribution in [0.1, 0.15) is 10.4 Å². The van der Waals surface area contributed by atoms with Crippen LogP contribution >= 0.6 is 27.5 Å². The van der Waals surface area contributed by atoms with Gasteiger partial charge in [0, 0.05) is 12.1 Å². The van der Waals surface area contributed by atoms with Gasteiger partial charge in [-0.15, -0.1) is 0 Å². The van der Waals surface area contributed by atoms with Gasteiger partial charge < -0.3 is 9.84 Å². The van der Waals surface area contributed by atoms with Crippen LogP contribution in [0.25, 0.3) is 0 Å². The lowest BCUT2D eigenvalue weighted by Gasteiger charge is -2.08. The van der Waals surface area contributed by atoms with E-state index in [1.807, 2.05) is 0 Å². The van der Waals surface area contributed by atoms with Gasteiger partial charge in [0.05, 0.1) is 26.2 Å². The fourth-order valence-corrected chi connectivity index (χ4v) is 2.11. The number of carboxylic acids is 1. The first-order valence-corrected chi connectivity index (χ1v) is 6.57. The highest BCUT2D eigenvalue weighted by Gasteiger charge is 2.20. The third-order valence-electron chi connectivity index (χ3n) is 2.41. The van der Waals surface area contributed by atoms with Crippen molar-refractivity contribution in [2.45, 2.75) is 0 Å². The van der Waals surface area contributed by atoms with Crippen molar-refractivity contribution >= 4 is 39.2 Å². The van der Waals surface area contributed by atoms with Gasteiger partial charge in [0.2, 0.25) is 11.6 Å². The van der Waals surface area contributed by atoms with Gasteiger partial charge in [-0.05, 0) is 22.0 Å². The van der Waals surface area contributed by atoms with E-state index in [-0.39, 0.29) is 27.9 Å². The van der Waals surface area contributed by atoms with Crippen molar-refractivity contribution in [2.75, 3.05) is 0 Å². The van der Waals surface area contributed by atoms with Gasteiger partial charge in [0.15, 0.2) is 0 Å². The highest BCUT2D eigenvalue weighted by molar-refractivity contribution is 9.10. The molecule has 1 aromatic heterocycles. The summed E-state index contributed by atoms with van der Waals surface area (Å²) in [7, 11) is 0. The lowest BCUT2D eigenvalue weighted by atomic mass is 10.2. The quantitative estimate of drug-likeness (QED) is 0.644. The summed E-state index contributed by atoms with van der Waals surface area (Å²) in [6.07, 6.45) is 1.10. The van der Waals surface area contributed by atoms with Gasteiger partial charge in [-0.3, -0.25) is 10.1 Å². The molecule has 0 amide bonds. The number of hydrogen-bond acceptors (Lipinski definition) is 5. The molecule has 0 saturated carbocycles. The molecule has 21 heavy (non-hydrogen) atoms. The van der Waals surface area contributed by atoms with E-state index in [0.717, 1.165) is 12.3 Å². The number of nitrogens with zero attached hydrogens (tertiary/aromatic N) is 2. The molecule has 9 heteroatoms. The van der Waals surface area contributed by atoms with E-state index in [4.69, 9.17) is 21.4 Å². The zero-order chi connectivity index (χ0) is 15.6. The fraction of sp³-hybridized carbons (Fsp3) is 0. The second kappa shape index (κ2) is 6.06. The zero-order valence-electron chi connectivity index (χ0n) is 10.1. The summed E-state index contributed by atoms with van der Waals surface area (Å²) >= 11 is 8.83.